The van der Waals surface area contributed by atoms with Crippen LogP contribution in [0.1, 0.15) is 67.7 Å². The van der Waals surface area contributed by atoms with Crippen LogP contribution in [0.2, 0.25) is 0 Å². The minimum absolute atomic E-state index is 0.0133. The summed E-state index contributed by atoms with van der Waals surface area (Å²) in [6.07, 6.45) is 5.36. The molecule has 0 aromatic carbocycles. The normalized spacial score (nSPS) is 25.7. The van der Waals surface area contributed by atoms with Crippen molar-refractivity contribution < 1.29 is 23.8 Å². The molecule has 168 valence electrons. The van der Waals surface area contributed by atoms with E-state index in [1.807, 2.05) is 40.7 Å². The van der Waals surface area contributed by atoms with Gasteiger partial charge in [-0.25, -0.2) is 4.79 Å². The van der Waals surface area contributed by atoms with Crippen LogP contribution in [0.5, 0.6) is 0 Å². The lowest BCUT2D eigenvalue weighted by Gasteiger charge is -2.44. The van der Waals surface area contributed by atoms with Gasteiger partial charge in [0.1, 0.15) is 11.8 Å². The molecule has 0 saturated carbocycles. The van der Waals surface area contributed by atoms with Crippen molar-refractivity contribution >= 4 is 12.0 Å². The molecule has 0 aromatic rings. The molecule has 7 heteroatoms. The summed E-state index contributed by atoms with van der Waals surface area (Å²) in [4.78, 5) is 27.0. The molecule has 1 N–H and O–H groups in total. The average Bonchev–Trinajstić information content (AvgIpc) is 2.96. The van der Waals surface area contributed by atoms with Gasteiger partial charge < -0.3 is 19.5 Å². The second-order valence-electron chi connectivity index (χ2n) is 8.94. The highest BCUT2D eigenvalue weighted by Gasteiger charge is 2.53. The third-order valence-corrected chi connectivity index (χ3v) is 5.43. The zero-order valence-electron chi connectivity index (χ0n) is 19.6. The monoisotopic (exact) mass is 412 g/mol. The number of hydrogen-bond donors (Lipinski definition) is 1. The van der Waals surface area contributed by atoms with Gasteiger partial charge in [0, 0.05) is 33.5 Å². The Morgan fingerprint density at radius 1 is 1.24 bits per heavy atom. The number of amides is 2. The molecule has 1 aliphatic rings. The standard InChI is InChI=1S/C22H40N2O5/c1-10-12-16-14-17(27-8)24(20(26)29-21(4,5)6)18(16)19(23-15(3)25)22(7,28-9)13-11-2/h10,12,16-19H,11,13-14H2,1-9H3,(H,23,25)/b12-10+/t16-,17+,18-,19-,22+/m1/s1. The molecule has 1 aliphatic heterocycles. The molecule has 0 bridgehead atoms. The molecule has 0 radical (unpaired) electrons. The second kappa shape index (κ2) is 10.4. The molecule has 0 unspecified atom stereocenters. The fraction of sp³-hybridized carbons (Fsp3) is 0.818. The van der Waals surface area contributed by atoms with Crippen LogP contribution < -0.4 is 5.32 Å². The molecular weight excluding hydrogens is 372 g/mol. The van der Waals surface area contributed by atoms with Crippen LogP contribution in [-0.2, 0) is 19.0 Å². The Hall–Kier alpha value is -1.60. The molecule has 1 rings (SSSR count). The SMILES string of the molecule is C/C=C/[C@@H]1C[C@H](OC)N(C(=O)OC(C)(C)C)[C@H]1[C@@H](NC(C)=O)[C@](C)(CCC)OC. The van der Waals surface area contributed by atoms with Crippen LogP contribution >= 0.6 is 0 Å². The number of carbonyl (C=O) groups is 2. The average molecular weight is 413 g/mol. The number of nitrogens with one attached hydrogen (secondary N) is 1. The molecule has 1 fully saturated rings. The van der Waals surface area contributed by atoms with Crippen molar-refractivity contribution in [2.45, 2.75) is 97.2 Å². The van der Waals surface area contributed by atoms with E-state index >= 15 is 0 Å². The molecule has 2 amide bonds. The summed E-state index contributed by atoms with van der Waals surface area (Å²) in [6, 6.07) is -0.801. The van der Waals surface area contributed by atoms with Crippen molar-refractivity contribution in [3.05, 3.63) is 12.2 Å². The molecule has 5 atom stereocenters. The third kappa shape index (κ3) is 6.44. The molecule has 0 spiro atoms. The van der Waals surface area contributed by atoms with Gasteiger partial charge >= 0.3 is 6.09 Å². The summed E-state index contributed by atoms with van der Waals surface area (Å²) in [5.41, 5.74) is -1.30. The first-order valence-corrected chi connectivity index (χ1v) is 10.4. The highest BCUT2D eigenvalue weighted by Crippen LogP contribution is 2.39. The smallest absolute Gasteiger partial charge is 0.412 e. The molecule has 0 aliphatic carbocycles. The van der Waals surface area contributed by atoms with E-state index < -0.39 is 29.6 Å². The second-order valence-corrected chi connectivity index (χ2v) is 8.94. The number of hydrogen-bond acceptors (Lipinski definition) is 5. The van der Waals surface area contributed by atoms with E-state index in [1.165, 1.54) is 6.92 Å². The summed E-state index contributed by atoms with van der Waals surface area (Å²) in [5.74, 6) is -0.181. The summed E-state index contributed by atoms with van der Waals surface area (Å²) in [7, 11) is 3.24. The maximum Gasteiger partial charge on any atom is 0.412 e. The quantitative estimate of drug-likeness (QED) is 0.613. The van der Waals surface area contributed by atoms with Crippen molar-refractivity contribution in [2.75, 3.05) is 14.2 Å². The van der Waals surface area contributed by atoms with E-state index in [1.54, 1.807) is 19.1 Å². The zero-order chi connectivity index (χ0) is 22.4. The van der Waals surface area contributed by atoms with Crippen LogP contribution in [0, 0.1) is 5.92 Å². The fourth-order valence-electron chi connectivity index (χ4n) is 4.19. The van der Waals surface area contributed by atoms with Crippen molar-refractivity contribution in [1.82, 2.24) is 10.2 Å². The van der Waals surface area contributed by atoms with Gasteiger partial charge in [0.05, 0.1) is 17.7 Å². The van der Waals surface area contributed by atoms with Crippen molar-refractivity contribution in [1.29, 1.82) is 0 Å². The van der Waals surface area contributed by atoms with Crippen LogP contribution in [0.25, 0.3) is 0 Å². The molecule has 1 heterocycles. The Bertz CT molecular complexity index is 586. The minimum Gasteiger partial charge on any atom is -0.444 e. The molecule has 1 saturated heterocycles. The lowest BCUT2D eigenvalue weighted by atomic mass is 9.81. The van der Waals surface area contributed by atoms with E-state index in [4.69, 9.17) is 14.2 Å². The van der Waals surface area contributed by atoms with Gasteiger partial charge in [-0.2, -0.15) is 0 Å². The first-order chi connectivity index (χ1) is 13.4. The summed E-state index contributed by atoms with van der Waals surface area (Å²) < 4.78 is 17.3. The van der Waals surface area contributed by atoms with Crippen molar-refractivity contribution in [2.24, 2.45) is 5.92 Å². The minimum atomic E-state index is -0.659. The summed E-state index contributed by atoms with van der Waals surface area (Å²) in [5, 5.41) is 3.08. The number of ether oxygens (including phenoxy) is 3. The predicted molar refractivity (Wildman–Crippen MR) is 114 cm³/mol. The van der Waals surface area contributed by atoms with Gasteiger partial charge in [0.25, 0.3) is 0 Å². The Balaban J connectivity index is 3.52. The maximum absolute atomic E-state index is 13.2. The first-order valence-electron chi connectivity index (χ1n) is 10.4. The van der Waals surface area contributed by atoms with Crippen LogP contribution in [-0.4, -0.2) is 60.6 Å². The molecular formula is C22H40N2O5. The predicted octanol–water partition coefficient (Wildman–Crippen LogP) is 3.87. The number of nitrogens with zero attached hydrogens (tertiary/aromatic N) is 1. The topological polar surface area (TPSA) is 77.1 Å². The maximum atomic E-state index is 13.2. The van der Waals surface area contributed by atoms with Crippen LogP contribution in [0.3, 0.4) is 0 Å². The Morgan fingerprint density at radius 3 is 2.28 bits per heavy atom. The molecule has 7 nitrogen and oxygen atoms in total. The van der Waals surface area contributed by atoms with Gasteiger partial charge in [-0.05, 0) is 41.0 Å². The van der Waals surface area contributed by atoms with E-state index in [-0.39, 0.29) is 17.9 Å². The van der Waals surface area contributed by atoms with Gasteiger partial charge in [-0.3, -0.25) is 9.69 Å². The Kier molecular flexibility index (Phi) is 9.15. The summed E-state index contributed by atoms with van der Waals surface area (Å²) in [6.45, 7) is 13.0. The third-order valence-electron chi connectivity index (χ3n) is 5.43. The lowest BCUT2D eigenvalue weighted by Crippen LogP contribution is -2.64. The largest absolute Gasteiger partial charge is 0.444 e. The Morgan fingerprint density at radius 2 is 1.86 bits per heavy atom. The van der Waals surface area contributed by atoms with Gasteiger partial charge in [-0.1, -0.05) is 25.5 Å². The number of allylic oxidation sites excluding steroid dienone is 1. The van der Waals surface area contributed by atoms with E-state index in [0.29, 0.717) is 6.42 Å². The number of carbonyl (C=O) groups excluding carboxylic acids is 2. The van der Waals surface area contributed by atoms with Crippen molar-refractivity contribution in [3.8, 4) is 0 Å². The molecule has 0 aromatic heterocycles. The highest BCUT2D eigenvalue weighted by molar-refractivity contribution is 5.74. The molecule has 29 heavy (non-hydrogen) atoms. The van der Waals surface area contributed by atoms with Crippen molar-refractivity contribution in [3.63, 3.8) is 0 Å². The fourth-order valence-corrected chi connectivity index (χ4v) is 4.19. The van der Waals surface area contributed by atoms with Gasteiger partial charge in [-0.15, -0.1) is 0 Å². The number of likely N-dealkylation sites (tertiary alicyclic amines) is 1. The van der Waals surface area contributed by atoms with Gasteiger partial charge in [0.2, 0.25) is 5.91 Å². The van der Waals surface area contributed by atoms with E-state index in [0.717, 1.165) is 12.8 Å². The zero-order valence-corrected chi connectivity index (χ0v) is 19.6. The van der Waals surface area contributed by atoms with Gasteiger partial charge in [0.15, 0.2) is 0 Å². The number of rotatable bonds is 8. The van der Waals surface area contributed by atoms with Crippen LogP contribution in [0.4, 0.5) is 4.79 Å². The number of methoxy groups -OCH3 is 2. The van der Waals surface area contributed by atoms with E-state index in [2.05, 4.69) is 18.3 Å². The Labute approximate surface area is 176 Å². The first kappa shape index (κ1) is 25.4. The highest BCUT2D eigenvalue weighted by atomic mass is 16.6. The van der Waals surface area contributed by atoms with E-state index in [9.17, 15) is 9.59 Å². The van der Waals surface area contributed by atoms with Crippen LogP contribution in [0.15, 0.2) is 12.2 Å². The lowest BCUT2D eigenvalue weighted by molar-refractivity contribution is -0.126. The summed E-state index contributed by atoms with van der Waals surface area (Å²) >= 11 is 0.